The second-order valence-corrected chi connectivity index (χ2v) is 6.42. The van der Waals surface area contributed by atoms with E-state index in [1.807, 2.05) is 0 Å². The summed E-state index contributed by atoms with van der Waals surface area (Å²) >= 11 is 5.89. The molecule has 5 heteroatoms. The Bertz CT molecular complexity index is 507. The molecule has 3 unspecified atom stereocenters. The van der Waals surface area contributed by atoms with Crippen LogP contribution in [-0.4, -0.2) is 18.6 Å². The van der Waals surface area contributed by atoms with Gasteiger partial charge in [-0.25, -0.2) is 0 Å². The molecule has 4 nitrogen and oxygen atoms in total. The van der Waals surface area contributed by atoms with Gasteiger partial charge >= 0.3 is 0 Å². The first-order chi connectivity index (χ1) is 9.95. The van der Waals surface area contributed by atoms with Crippen molar-refractivity contribution in [2.75, 3.05) is 17.7 Å². The van der Waals surface area contributed by atoms with Crippen LogP contribution in [0.4, 0.5) is 11.4 Å². The minimum absolute atomic E-state index is 0.0533. The molecule has 1 aliphatic rings. The highest BCUT2D eigenvalue weighted by Crippen LogP contribution is 2.31. The van der Waals surface area contributed by atoms with Crippen molar-refractivity contribution in [1.29, 1.82) is 0 Å². The van der Waals surface area contributed by atoms with Crippen LogP contribution in [0.1, 0.15) is 33.1 Å². The first kappa shape index (κ1) is 16.1. The van der Waals surface area contributed by atoms with Gasteiger partial charge in [-0.2, -0.15) is 0 Å². The van der Waals surface area contributed by atoms with E-state index >= 15 is 0 Å². The van der Waals surface area contributed by atoms with Crippen molar-refractivity contribution in [2.45, 2.75) is 39.2 Å². The van der Waals surface area contributed by atoms with E-state index in [-0.39, 0.29) is 18.6 Å². The summed E-state index contributed by atoms with van der Waals surface area (Å²) in [5.41, 5.74) is 6.82. The monoisotopic (exact) mass is 310 g/mol. The maximum absolute atomic E-state index is 11.9. The molecule has 1 aromatic carbocycles. The highest BCUT2D eigenvalue weighted by atomic mass is 35.5. The molecule has 116 valence electrons. The van der Waals surface area contributed by atoms with Gasteiger partial charge in [-0.1, -0.05) is 25.4 Å². The van der Waals surface area contributed by atoms with Gasteiger partial charge in [-0.15, -0.1) is 0 Å². The number of anilines is 2. The fourth-order valence-corrected chi connectivity index (χ4v) is 2.84. The molecule has 0 heterocycles. The highest BCUT2D eigenvalue weighted by Gasteiger charge is 2.25. The molecule has 1 amide bonds. The van der Waals surface area contributed by atoms with Gasteiger partial charge in [0.05, 0.1) is 17.5 Å². The van der Waals surface area contributed by atoms with Crippen LogP contribution in [0.25, 0.3) is 0 Å². The van der Waals surface area contributed by atoms with Crippen molar-refractivity contribution in [3.05, 3.63) is 23.2 Å². The van der Waals surface area contributed by atoms with Gasteiger partial charge in [0.25, 0.3) is 0 Å². The first-order valence-electron chi connectivity index (χ1n) is 7.42. The van der Waals surface area contributed by atoms with Crippen LogP contribution in [0.3, 0.4) is 0 Å². The average molecular weight is 311 g/mol. The number of hydrogen-bond donors (Lipinski definition) is 2. The largest absolute Gasteiger partial charge is 0.397 e. The zero-order valence-corrected chi connectivity index (χ0v) is 13.3. The average Bonchev–Trinajstić information content (AvgIpc) is 2.44. The van der Waals surface area contributed by atoms with Gasteiger partial charge in [0.2, 0.25) is 5.91 Å². The number of halogens is 1. The molecule has 0 radical (unpaired) electrons. The van der Waals surface area contributed by atoms with E-state index in [0.29, 0.717) is 22.3 Å². The Hall–Kier alpha value is -1.26. The zero-order valence-electron chi connectivity index (χ0n) is 12.6. The smallest absolute Gasteiger partial charge is 0.250 e. The molecule has 0 saturated heterocycles. The lowest BCUT2D eigenvalue weighted by atomic mass is 9.80. The lowest BCUT2D eigenvalue weighted by molar-refractivity contribution is -0.123. The molecule has 2 rings (SSSR count). The maximum Gasteiger partial charge on any atom is 0.250 e. The standard InChI is InChI=1S/C16H23ClN2O2/c1-10-3-5-13(7-11(10)2)21-9-16(20)19-15-8-12(17)4-6-14(15)18/h4,6,8,10-11,13H,3,5,7,9,18H2,1-2H3,(H,19,20). The number of nitrogens with two attached hydrogens (primary N) is 1. The minimum Gasteiger partial charge on any atom is -0.397 e. The van der Waals surface area contributed by atoms with Crippen LogP contribution in [-0.2, 0) is 9.53 Å². The Morgan fingerprint density at radius 1 is 1.38 bits per heavy atom. The SMILES string of the molecule is CC1CCC(OCC(=O)Nc2cc(Cl)ccc2N)CC1C. The molecule has 0 spiro atoms. The van der Waals surface area contributed by atoms with Gasteiger partial charge < -0.3 is 15.8 Å². The van der Waals surface area contributed by atoms with Gasteiger partial charge in [-0.05, 0) is 49.3 Å². The Balaban J connectivity index is 1.81. The lowest BCUT2D eigenvalue weighted by Gasteiger charge is -2.31. The van der Waals surface area contributed by atoms with Crippen molar-refractivity contribution < 1.29 is 9.53 Å². The molecule has 0 bridgehead atoms. The van der Waals surface area contributed by atoms with Crippen molar-refractivity contribution in [3.8, 4) is 0 Å². The Labute approximate surface area is 131 Å². The third-order valence-electron chi connectivity index (χ3n) is 4.29. The quantitative estimate of drug-likeness (QED) is 0.833. The summed E-state index contributed by atoms with van der Waals surface area (Å²) in [6.07, 6.45) is 3.39. The molecular weight excluding hydrogens is 288 g/mol. The normalized spacial score (nSPS) is 25.6. The Morgan fingerprint density at radius 2 is 2.14 bits per heavy atom. The first-order valence-corrected chi connectivity index (χ1v) is 7.80. The number of ether oxygens (including phenoxy) is 1. The molecule has 21 heavy (non-hydrogen) atoms. The number of amides is 1. The summed E-state index contributed by atoms with van der Waals surface area (Å²) in [5, 5.41) is 3.27. The minimum atomic E-state index is -0.199. The van der Waals surface area contributed by atoms with Gasteiger partial charge in [-0.3, -0.25) is 4.79 Å². The van der Waals surface area contributed by atoms with E-state index in [2.05, 4.69) is 19.2 Å². The van der Waals surface area contributed by atoms with Crippen LogP contribution in [0, 0.1) is 11.8 Å². The lowest BCUT2D eigenvalue weighted by Crippen LogP contribution is -2.30. The van der Waals surface area contributed by atoms with Crippen molar-refractivity contribution >= 4 is 28.9 Å². The number of hydrogen-bond acceptors (Lipinski definition) is 3. The van der Waals surface area contributed by atoms with E-state index in [9.17, 15) is 4.79 Å². The molecule has 0 aliphatic heterocycles. The summed E-state index contributed by atoms with van der Waals surface area (Å²) < 4.78 is 5.72. The fourth-order valence-electron chi connectivity index (χ4n) is 2.67. The molecule has 1 fully saturated rings. The summed E-state index contributed by atoms with van der Waals surface area (Å²) in [5.74, 6) is 1.19. The van der Waals surface area contributed by atoms with Crippen molar-refractivity contribution in [1.82, 2.24) is 0 Å². The predicted molar refractivity (Wildman–Crippen MR) is 86.4 cm³/mol. The fraction of sp³-hybridized carbons (Fsp3) is 0.562. The molecule has 1 aliphatic carbocycles. The second kappa shape index (κ2) is 7.14. The summed E-state index contributed by atoms with van der Waals surface area (Å²) in [6, 6.07) is 5.00. The van der Waals surface area contributed by atoms with Gasteiger partial charge in [0.1, 0.15) is 6.61 Å². The second-order valence-electron chi connectivity index (χ2n) is 5.98. The summed E-state index contributed by atoms with van der Waals surface area (Å²) in [7, 11) is 0. The molecule has 1 saturated carbocycles. The summed E-state index contributed by atoms with van der Waals surface area (Å²) in [6.45, 7) is 4.57. The molecule has 3 atom stereocenters. The number of nitrogen functional groups attached to an aromatic ring is 1. The number of carbonyl (C=O) groups is 1. The van der Waals surface area contributed by atoms with Crippen LogP contribution < -0.4 is 11.1 Å². The molecule has 3 N–H and O–H groups in total. The van der Waals surface area contributed by atoms with Crippen LogP contribution in [0.5, 0.6) is 0 Å². The maximum atomic E-state index is 11.9. The summed E-state index contributed by atoms with van der Waals surface area (Å²) in [4.78, 5) is 11.9. The van der Waals surface area contributed by atoms with Gasteiger partial charge in [0, 0.05) is 5.02 Å². The third-order valence-corrected chi connectivity index (χ3v) is 4.52. The number of nitrogens with one attached hydrogen (secondary N) is 1. The van der Waals surface area contributed by atoms with E-state index in [4.69, 9.17) is 22.1 Å². The highest BCUT2D eigenvalue weighted by molar-refractivity contribution is 6.31. The Kier molecular flexibility index (Phi) is 5.48. The zero-order chi connectivity index (χ0) is 15.4. The molecule has 1 aromatic rings. The molecular formula is C16H23ClN2O2. The van der Waals surface area contributed by atoms with Crippen molar-refractivity contribution in [3.63, 3.8) is 0 Å². The molecule has 0 aromatic heterocycles. The predicted octanol–water partition coefficient (Wildman–Crippen LogP) is 3.70. The van der Waals surface area contributed by atoms with Crippen molar-refractivity contribution in [2.24, 2.45) is 11.8 Å². The number of rotatable bonds is 4. The van der Waals surface area contributed by atoms with E-state index < -0.39 is 0 Å². The van der Waals surface area contributed by atoms with Gasteiger partial charge in [0.15, 0.2) is 0 Å². The Morgan fingerprint density at radius 3 is 2.86 bits per heavy atom. The van der Waals surface area contributed by atoms with E-state index in [0.717, 1.165) is 25.2 Å². The number of benzene rings is 1. The van der Waals surface area contributed by atoms with E-state index in [1.54, 1.807) is 18.2 Å². The third kappa shape index (κ3) is 4.61. The van der Waals surface area contributed by atoms with E-state index in [1.165, 1.54) is 0 Å². The topological polar surface area (TPSA) is 64.3 Å². The van der Waals surface area contributed by atoms with Crippen LogP contribution >= 0.6 is 11.6 Å². The van der Waals surface area contributed by atoms with Crippen LogP contribution in [0.2, 0.25) is 5.02 Å². The number of carbonyl (C=O) groups excluding carboxylic acids is 1. The van der Waals surface area contributed by atoms with Crippen LogP contribution in [0.15, 0.2) is 18.2 Å².